The summed E-state index contributed by atoms with van der Waals surface area (Å²) in [6, 6.07) is 27.1. The van der Waals surface area contributed by atoms with Crippen LogP contribution in [-0.2, 0) is 17.9 Å². The Bertz CT molecular complexity index is 1460. The molecule has 3 N–H and O–H groups in total. The number of likely N-dealkylation sites (tertiary alicyclic amines) is 1. The summed E-state index contributed by atoms with van der Waals surface area (Å²) in [5.74, 6) is -0.112. The Kier molecular flexibility index (Phi) is 8.68. The predicted molar refractivity (Wildman–Crippen MR) is 153 cm³/mol. The van der Waals surface area contributed by atoms with Crippen molar-refractivity contribution in [2.75, 3.05) is 13.1 Å². The number of fused-ring (bicyclic) bond motifs is 1. The first kappa shape index (κ1) is 27.3. The van der Waals surface area contributed by atoms with Crippen molar-refractivity contribution in [3.8, 4) is 5.75 Å². The standard InChI is InChI=1S/C32H34N4O4/c1-22-17-26(28-9-5-6-10-30(28)33-22)21-40-27-13-11-24(12-14-27)32(38)34-29-15-16-36(19-23-7-3-2-4-8-23)20-25(29)18-31(37)35-39/h2-14,17,25,29,39H,15-16,18-21H2,1H3,(H,34,38)(H,35,37)/t25-,29+/m0/s1. The van der Waals surface area contributed by atoms with Gasteiger partial charge in [-0.3, -0.25) is 24.7 Å². The summed E-state index contributed by atoms with van der Waals surface area (Å²) in [6.45, 7) is 4.58. The third-order valence-electron chi connectivity index (χ3n) is 7.40. The van der Waals surface area contributed by atoms with Gasteiger partial charge in [-0.2, -0.15) is 0 Å². The molecule has 0 spiro atoms. The van der Waals surface area contributed by atoms with E-state index < -0.39 is 5.91 Å². The third kappa shape index (κ3) is 6.83. The highest BCUT2D eigenvalue weighted by molar-refractivity contribution is 5.94. The van der Waals surface area contributed by atoms with E-state index in [1.54, 1.807) is 29.7 Å². The van der Waals surface area contributed by atoms with Crippen LogP contribution >= 0.6 is 0 Å². The van der Waals surface area contributed by atoms with Gasteiger partial charge in [-0.05, 0) is 55.3 Å². The highest BCUT2D eigenvalue weighted by Crippen LogP contribution is 2.24. The van der Waals surface area contributed by atoms with Crippen molar-refractivity contribution in [3.05, 3.63) is 107 Å². The number of piperidine rings is 1. The van der Waals surface area contributed by atoms with E-state index >= 15 is 0 Å². The van der Waals surface area contributed by atoms with E-state index in [1.165, 1.54) is 5.56 Å². The SMILES string of the molecule is Cc1cc(COc2ccc(C(=O)N[C@@H]3CCN(Cc4ccccc4)C[C@@H]3CC(=O)NO)cc2)c2ccccc2n1. The van der Waals surface area contributed by atoms with Gasteiger partial charge in [-0.15, -0.1) is 0 Å². The molecule has 1 aliphatic heterocycles. The van der Waals surface area contributed by atoms with Gasteiger partial charge in [0.05, 0.1) is 5.52 Å². The number of hydroxylamine groups is 1. The van der Waals surface area contributed by atoms with Crippen LogP contribution in [0.4, 0.5) is 0 Å². The van der Waals surface area contributed by atoms with Crippen molar-refractivity contribution in [1.82, 2.24) is 20.7 Å². The first-order valence-corrected chi connectivity index (χ1v) is 13.6. The van der Waals surface area contributed by atoms with Crippen LogP contribution in [0.15, 0.2) is 84.9 Å². The van der Waals surface area contributed by atoms with Crippen LogP contribution in [0.3, 0.4) is 0 Å². The van der Waals surface area contributed by atoms with Crippen molar-refractivity contribution in [3.63, 3.8) is 0 Å². The van der Waals surface area contributed by atoms with E-state index in [0.29, 0.717) is 30.9 Å². The molecule has 5 rings (SSSR count). The summed E-state index contributed by atoms with van der Waals surface area (Å²) >= 11 is 0. The van der Waals surface area contributed by atoms with Crippen LogP contribution in [0.1, 0.15) is 40.0 Å². The highest BCUT2D eigenvalue weighted by Gasteiger charge is 2.32. The number of hydrogen-bond acceptors (Lipinski definition) is 6. The molecule has 1 fully saturated rings. The van der Waals surface area contributed by atoms with Gasteiger partial charge in [-0.25, -0.2) is 5.48 Å². The number of nitrogens with one attached hydrogen (secondary N) is 2. The molecule has 2 amide bonds. The number of para-hydroxylation sites is 1. The third-order valence-corrected chi connectivity index (χ3v) is 7.40. The van der Waals surface area contributed by atoms with Crippen LogP contribution in [0.2, 0.25) is 0 Å². The molecule has 1 aromatic heterocycles. The number of ether oxygens (including phenoxy) is 1. The van der Waals surface area contributed by atoms with Crippen molar-refractivity contribution in [2.45, 2.75) is 39.0 Å². The molecule has 1 aliphatic rings. The number of nitrogens with zero attached hydrogens (tertiary/aromatic N) is 2. The van der Waals surface area contributed by atoms with Gasteiger partial charge in [0.25, 0.3) is 5.91 Å². The molecule has 0 bridgehead atoms. The smallest absolute Gasteiger partial charge is 0.251 e. The first-order chi connectivity index (χ1) is 19.5. The summed E-state index contributed by atoms with van der Waals surface area (Å²) < 4.78 is 6.04. The quantitative estimate of drug-likeness (QED) is 0.212. The van der Waals surface area contributed by atoms with E-state index in [0.717, 1.165) is 35.2 Å². The van der Waals surface area contributed by atoms with Crippen LogP contribution in [-0.4, -0.2) is 46.0 Å². The molecule has 4 aromatic rings. The molecule has 1 saturated heterocycles. The maximum atomic E-state index is 13.1. The average molecular weight is 539 g/mol. The molecule has 206 valence electrons. The fraction of sp³-hybridized carbons (Fsp3) is 0.281. The van der Waals surface area contributed by atoms with Gasteiger partial charge in [0.2, 0.25) is 5.91 Å². The van der Waals surface area contributed by atoms with E-state index in [9.17, 15) is 9.59 Å². The molecule has 8 heteroatoms. The Balaban J connectivity index is 1.20. The summed E-state index contributed by atoms with van der Waals surface area (Å²) in [6.07, 6.45) is 0.838. The largest absolute Gasteiger partial charge is 0.489 e. The Hall–Kier alpha value is -4.27. The molecule has 0 aliphatic carbocycles. The highest BCUT2D eigenvalue weighted by atomic mass is 16.5. The van der Waals surface area contributed by atoms with Crippen molar-refractivity contribution >= 4 is 22.7 Å². The Morgan fingerprint density at radius 3 is 2.55 bits per heavy atom. The minimum atomic E-state index is -0.454. The normalized spacial score (nSPS) is 17.4. The molecule has 0 saturated carbocycles. The molecule has 0 radical (unpaired) electrons. The second-order valence-electron chi connectivity index (χ2n) is 10.3. The van der Waals surface area contributed by atoms with Gasteiger partial charge in [0.1, 0.15) is 12.4 Å². The lowest BCUT2D eigenvalue weighted by Crippen LogP contribution is -2.51. The van der Waals surface area contributed by atoms with Crippen molar-refractivity contribution in [1.29, 1.82) is 0 Å². The number of benzene rings is 3. The minimum Gasteiger partial charge on any atom is -0.489 e. The first-order valence-electron chi connectivity index (χ1n) is 13.6. The number of amides is 2. The van der Waals surface area contributed by atoms with Gasteiger partial charge in [0, 0.05) is 60.2 Å². The maximum Gasteiger partial charge on any atom is 0.251 e. The Morgan fingerprint density at radius 1 is 1.02 bits per heavy atom. The maximum absolute atomic E-state index is 13.1. The van der Waals surface area contributed by atoms with Gasteiger partial charge in [-0.1, -0.05) is 48.5 Å². The Labute approximate surface area is 233 Å². The molecule has 0 unspecified atom stereocenters. The van der Waals surface area contributed by atoms with E-state index in [-0.39, 0.29) is 24.3 Å². The fourth-order valence-electron chi connectivity index (χ4n) is 5.40. The molecule has 3 aromatic carbocycles. The number of hydrogen-bond donors (Lipinski definition) is 3. The molecular weight excluding hydrogens is 504 g/mol. The van der Waals surface area contributed by atoms with Crippen molar-refractivity contribution in [2.24, 2.45) is 5.92 Å². The second-order valence-corrected chi connectivity index (χ2v) is 10.3. The number of aromatic nitrogens is 1. The zero-order chi connectivity index (χ0) is 27.9. The number of pyridine rings is 1. The van der Waals surface area contributed by atoms with Gasteiger partial charge >= 0.3 is 0 Å². The summed E-state index contributed by atoms with van der Waals surface area (Å²) in [5, 5.41) is 13.3. The molecule has 2 atom stereocenters. The lowest BCUT2D eigenvalue weighted by molar-refractivity contribution is -0.130. The van der Waals surface area contributed by atoms with Gasteiger partial charge < -0.3 is 10.1 Å². The number of carbonyl (C=O) groups is 2. The zero-order valence-electron chi connectivity index (χ0n) is 22.5. The van der Waals surface area contributed by atoms with Crippen LogP contribution in [0.25, 0.3) is 10.9 Å². The molecule has 2 heterocycles. The van der Waals surface area contributed by atoms with E-state index in [1.807, 2.05) is 55.5 Å². The molecular formula is C32H34N4O4. The number of aryl methyl sites for hydroxylation is 1. The zero-order valence-corrected chi connectivity index (χ0v) is 22.5. The topological polar surface area (TPSA) is 104 Å². The molecule has 40 heavy (non-hydrogen) atoms. The average Bonchev–Trinajstić information content (AvgIpc) is 2.97. The Morgan fingerprint density at radius 2 is 1.77 bits per heavy atom. The van der Waals surface area contributed by atoms with Crippen molar-refractivity contribution < 1.29 is 19.5 Å². The van der Waals surface area contributed by atoms with Crippen LogP contribution in [0, 0.1) is 12.8 Å². The lowest BCUT2D eigenvalue weighted by atomic mass is 9.88. The lowest BCUT2D eigenvalue weighted by Gasteiger charge is -2.38. The van der Waals surface area contributed by atoms with Crippen LogP contribution in [0.5, 0.6) is 5.75 Å². The summed E-state index contributed by atoms with van der Waals surface area (Å²) in [5.41, 5.74) is 6.39. The van der Waals surface area contributed by atoms with E-state index in [2.05, 4.69) is 27.3 Å². The van der Waals surface area contributed by atoms with Gasteiger partial charge in [0.15, 0.2) is 0 Å². The van der Waals surface area contributed by atoms with Crippen LogP contribution < -0.4 is 15.5 Å². The summed E-state index contributed by atoms with van der Waals surface area (Å²) in [4.78, 5) is 32.0. The molecule has 8 nitrogen and oxygen atoms in total. The second kappa shape index (κ2) is 12.7. The number of carbonyl (C=O) groups excluding carboxylic acids is 2. The van der Waals surface area contributed by atoms with E-state index in [4.69, 9.17) is 9.94 Å². The fourth-order valence-corrected chi connectivity index (χ4v) is 5.40. The monoisotopic (exact) mass is 538 g/mol. The summed E-state index contributed by atoms with van der Waals surface area (Å²) in [7, 11) is 0. The predicted octanol–water partition coefficient (Wildman–Crippen LogP) is 4.64. The number of rotatable bonds is 9. The minimum absolute atomic E-state index is 0.128.